The van der Waals surface area contributed by atoms with E-state index < -0.39 is 11.7 Å². The fourth-order valence-electron chi connectivity index (χ4n) is 3.10. The normalized spacial score (nSPS) is 21.3. The summed E-state index contributed by atoms with van der Waals surface area (Å²) < 4.78 is 30.6. The maximum absolute atomic E-state index is 14.9. The molecule has 0 aliphatic carbocycles. The Labute approximate surface area is 142 Å². The van der Waals surface area contributed by atoms with Gasteiger partial charge in [-0.1, -0.05) is 0 Å². The molecule has 116 valence electrons. The molecule has 2 aliphatic rings. The molecule has 1 aromatic heterocycles. The average molecular weight is 351 g/mol. The molecule has 0 saturated heterocycles. The van der Waals surface area contributed by atoms with Gasteiger partial charge in [0.2, 0.25) is 0 Å². The Morgan fingerprint density at radius 2 is 1.83 bits per heavy atom. The van der Waals surface area contributed by atoms with E-state index in [9.17, 15) is 8.78 Å². The molecule has 0 bridgehead atoms. The van der Waals surface area contributed by atoms with Crippen LogP contribution in [0.15, 0.2) is 42.0 Å². The third-order valence-corrected chi connectivity index (χ3v) is 4.80. The van der Waals surface area contributed by atoms with Crippen molar-refractivity contribution in [3.05, 3.63) is 64.0 Å². The molecule has 2 aliphatic heterocycles. The number of nitrogens with zero attached hydrogens (tertiary/aromatic N) is 2. The van der Waals surface area contributed by atoms with Crippen molar-refractivity contribution >= 4 is 41.7 Å². The number of aryl methyl sites for hydroxylation is 1. The summed E-state index contributed by atoms with van der Waals surface area (Å²) in [6.07, 6.45) is -3.32. The van der Waals surface area contributed by atoms with E-state index >= 15 is 0 Å². The van der Waals surface area contributed by atoms with E-state index in [1.807, 2.05) is 31.2 Å². The van der Waals surface area contributed by atoms with Gasteiger partial charge in [-0.15, -0.1) is 0 Å². The minimum atomic E-state index is -3.32. The molecular weight excluding hydrogens is 340 g/mol. The molecule has 4 rings (SSSR count). The van der Waals surface area contributed by atoms with Crippen LogP contribution >= 0.6 is 23.2 Å². The van der Waals surface area contributed by atoms with E-state index in [1.54, 1.807) is 19.0 Å². The fourth-order valence-corrected chi connectivity index (χ4v) is 3.65. The number of fused-ring (bicyclic) bond motifs is 2. The summed E-state index contributed by atoms with van der Waals surface area (Å²) in [7, 11) is 0. The van der Waals surface area contributed by atoms with E-state index in [1.165, 1.54) is 6.07 Å². The molecule has 0 spiro atoms. The molecule has 0 saturated carbocycles. The zero-order valence-electron chi connectivity index (χ0n) is 12.1. The molecule has 7 heteroatoms. The third-order valence-electron chi connectivity index (χ3n) is 4.16. The van der Waals surface area contributed by atoms with Crippen LogP contribution in [-0.2, 0) is 6.17 Å². The summed E-state index contributed by atoms with van der Waals surface area (Å²) in [5, 5.41) is -0.0237. The van der Waals surface area contributed by atoms with E-state index in [0.717, 1.165) is 20.6 Å². The van der Waals surface area contributed by atoms with Crippen molar-refractivity contribution < 1.29 is 8.78 Å². The van der Waals surface area contributed by atoms with Crippen LogP contribution in [0.4, 0.5) is 8.78 Å². The van der Waals surface area contributed by atoms with E-state index in [-0.39, 0.29) is 5.15 Å². The average Bonchev–Trinajstić information content (AvgIpc) is 3.06. The molecule has 2 nitrogen and oxygen atoms in total. The van der Waals surface area contributed by atoms with E-state index in [2.05, 4.69) is 0 Å². The first-order chi connectivity index (χ1) is 10.9. The number of halogens is 4. The van der Waals surface area contributed by atoms with Gasteiger partial charge in [0.1, 0.15) is 0 Å². The van der Waals surface area contributed by atoms with Crippen molar-refractivity contribution in [1.82, 2.24) is 9.47 Å². The molecule has 2 aromatic rings. The Balaban J connectivity index is 2.04. The van der Waals surface area contributed by atoms with Crippen LogP contribution < -0.4 is 0 Å². The van der Waals surface area contributed by atoms with Crippen LogP contribution in [0.3, 0.4) is 0 Å². The van der Waals surface area contributed by atoms with Crippen molar-refractivity contribution in [3.63, 3.8) is 0 Å². The molecule has 0 fully saturated rings. The predicted octanol–water partition coefficient (Wildman–Crippen LogP) is 4.07. The number of hydrogen-bond donors (Lipinski definition) is 0. The predicted molar refractivity (Wildman–Crippen MR) is 90.1 cm³/mol. The monoisotopic (exact) mass is 350 g/mol. The molecule has 0 amide bonds. The number of aromatic nitrogens is 1. The summed E-state index contributed by atoms with van der Waals surface area (Å²) in [4.78, 5) is 0.891. The van der Waals surface area contributed by atoms with Gasteiger partial charge in [-0.2, -0.15) is 0 Å². The van der Waals surface area contributed by atoms with Gasteiger partial charge in [0, 0.05) is 0 Å². The van der Waals surface area contributed by atoms with Crippen LogP contribution in [0.2, 0.25) is 5.15 Å². The number of alkyl halides is 3. The zero-order valence-corrected chi connectivity index (χ0v) is 13.6. The maximum atomic E-state index is 14.9. The van der Waals surface area contributed by atoms with Crippen molar-refractivity contribution in [2.75, 3.05) is 0 Å². The van der Waals surface area contributed by atoms with Crippen molar-refractivity contribution in [2.45, 2.75) is 18.6 Å². The Bertz CT molecular complexity index is 855. The Morgan fingerprint density at radius 3 is 2.52 bits per heavy atom. The second kappa shape index (κ2) is 4.95. The van der Waals surface area contributed by atoms with Gasteiger partial charge in [0.05, 0.1) is 0 Å². The van der Waals surface area contributed by atoms with Crippen molar-refractivity contribution in [3.8, 4) is 0 Å². The second-order valence-corrected chi connectivity index (χ2v) is 6.45. The molecule has 1 atom stereocenters. The summed E-state index contributed by atoms with van der Waals surface area (Å²) in [5.41, 5.74) is 2.50. The topological polar surface area (TPSA) is 8.17 Å². The fraction of sp³-hybridized carbons (Fsp3) is 0.188. The Kier molecular flexibility index (Phi) is 3.22. The second-order valence-electron chi connectivity index (χ2n) is 5.61. The van der Waals surface area contributed by atoms with Crippen LogP contribution in [0.5, 0.6) is 0 Å². The van der Waals surface area contributed by atoms with Crippen molar-refractivity contribution in [2.24, 2.45) is 0 Å². The summed E-state index contributed by atoms with van der Waals surface area (Å²) in [6.45, 7) is 3.62. The molecule has 23 heavy (non-hydrogen) atoms. The molecule has 1 unspecified atom stereocenters. The SMILES string of the molecule is Cc1ccc(C2=C3B=CC(Cl)N3C(F)(F)n3c(Cl)ccc32)cc1. The zero-order chi connectivity index (χ0) is 16.4. The van der Waals surface area contributed by atoms with Gasteiger partial charge < -0.3 is 0 Å². The third kappa shape index (κ3) is 2.03. The standard InChI is InChI=1S/C16H11BCl2F2N2/c1-9-2-4-10(5-3-9)14-11-6-7-12(18)22(11)16(20,21)23-13(19)8-17-15(14)23/h2-8,13H,1H3. The van der Waals surface area contributed by atoms with E-state index in [0.29, 0.717) is 16.9 Å². The number of hydrogen-bond acceptors (Lipinski definition) is 1. The Morgan fingerprint density at radius 1 is 1.13 bits per heavy atom. The first-order valence-corrected chi connectivity index (χ1v) is 7.91. The van der Waals surface area contributed by atoms with Crippen LogP contribution in [0, 0.1) is 6.92 Å². The van der Waals surface area contributed by atoms with Crippen LogP contribution in [0.25, 0.3) is 5.57 Å². The number of benzene rings is 1. The summed E-state index contributed by atoms with van der Waals surface area (Å²) in [6, 6.07) is 10.8. The van der Waals surface area contributed by atoms with Gasteiger partial charge in [-0.25, -0.2) is 0 Å². The summed E-state index contributed by atoms with van der Waals surface area (Å²) in [5.74, 6) is 1.55. The first kappa shape index (κ1) is 15.0. The van der Waals surface area contributed by atoms with Gasteiger partial charge in [0.25, 0.3) is 0 Å². The van der Waals surface area contributed by atoms with Gasteiger partial charge in [0.15, 0.2) is 0 Å². The minimum absolute atomic E-state index is 0.0237. The Hall–Kier alpha value is -1.59. The molecule has 0 radical (unpaired) electrons. The molecule has 0 N–H and O–H groups in total. The quantitative estimate of drug-likeness (QED) is 0.427. The number of rotatable bonds is 1. The van der Waals surface area contributed by atoms with Crippen LogP contribution in [0.1, 0.15) is 16.8 Å². The van der Waals surface area contributed by atoms with Gasteiger partial charge in [-0.05, 0) is 0 Å². The molecule has 1 aromatic carbocycles. The first-order valence-electron chi connectivity index (χ1n) is 7.10. The summed E-state index contributed by atoms with van der Waals surface area (Å²) >= 11 is 12.1. The van der Waals surface area contributed by atoms with Crippen molar-refractivity contribution in [1.29, 1.82) is 0 Å². The molecule has 3 heterocycles. The van der Waals surface area contributed by atoms with Gasteiger partial charge >= 0.3 is 142 Å². The van der Waals surface area contributed by atoms with Crippen LogP contribution in [-0.4, -0.2) is 27.9 Å². The van der Waals surface area contributed by atoms with E-state index in [4.69, 9.17) is 23.2 Å². The molecular formula is C16H11BCl2F2N2. The van der Waals surface area contributed by atoms with Gasteiger partial charge in [-0.3, -0.25) is 0 Å².